The molecule has 1 aliphatic heterocycles. The Hall–Kier alpha value is -1.42. The molecule has 1 aliphatic rings. The van der Waals surface area contributed by atoms with E-state index in [1.165, 1.54) is 5.56 Å². The Balaban J connectivity index is 2.32. The van der Waals surface area contributed by atoms with Gasteiger partial charge in [-0.3, -0.25) is 15.0 Å². The molecule has 1 aromatic rings. The van der Waals surface area contributed by atoms with E-state index in [2.05, 4.69) is 18.9 Å². The maximum absolute atomic E-state index is 10.7. The van der Waals surface area contributed by atoms with Crippen molar-refractivity contribution in [2.45, 2.75) is 32.4 Å². The summed E-state index contributed by atoms with van der Waals surface area (Å²) in [5.41, 5.74) is 2.55. The van der Waals surface area contributed by atoms with Gasteiger partial charge in [0.05, 0.1) is 4.92 Å². The summed E-state index contributed by atoms with van der Waals surface area (Å²) in [4.78, 5) is 12.6. The highest BCUT2D eigenvalue weighted by molar-refractivity contribution is 5.41. The zero-order valence-corrected chi connectivity index (χ0v) is 9.64. The minimum Gasteiger partial charge on any atom is -0.299 e. The van der Waals surface area contributed by atoms with Gasteiger partial charge >= 0.3 is 0 Å². The van der Waals surface area contributed by atoms with E-state index in [4.69, 9.17) is 0 Å². The SMILES string of the molecule is CCC1Cc2ccc([N+](=O)[O-])cc2CN1C. The van der Waals surface area contributed by atoms with E-state index in [0.29, 0.717) is 6.04 Å². The van der Waals surface area contributed by atoms with Gasteiger partial charge in [0.25, 0.3) is 5.69 Å². The maximum atomic E-state index is 10.7. The number of likely N-dealkylation sites (N-methyl/N-ethyl adjacent to an activating group) is 1. The van der Waals surface area contributed by atoms with E-state index in [9.17, 15) is 10.1 Å². The van der Waals surface area contributed by atoms with Crippen LogP contribution in [0.4, 0.5) is 5.69 Å². The predicted molar refractivity (Wildman–Crippen MR) is 62.3 cm³/mol. The number of nitro groups is 1. The summed E-state index contributed by atoms with van der Waals surface area (Å²) in [6, 6.07) is 5.78. The average molecular weight is 220 g/mol. The first-order valence-electron chi connectivity index (χ1n) is 5.58. The second-order valence-corrected chi connectivity index (χ2v) is 4.39. The quantitative estimate of drug-likeness (QED) is 0.567. The molecular formula is C12H16N2O2. The molecule has 0 aromatic heterocycles. The highest BCUT2D eigenvalue weighted by atomic mass is 16.6. The van der Waals surface area contributed by atoms with Crippen molar-refractivity contribution >= 4 is 5.69 Å². The standard InChI is InChI=1S/C12H16N2O2/c1-3-11-6-9-4-5-12(14(15)16)7-10(9)8-13(11)2/h4-5,7,11H,3,6,8H2,1-2H3. The third kappa shape index (κ3) is 1.93. The summed E-state index contributed by atoms with van der Waals surface area (Å²) < 4.78 is 0. The molecular weight excluding hydrogens is 204 g/mol. The Morgan fingerprint density at radius 2 is 2.25 bits per heavy atom. The molecule has 1 unspecified atom stereocenters. The van der Waals surface area contributed by atoms with Crippen LogP contribution >= 0.6 is 0 Å². The van der Waals surface area contributed by atoms with E-state index in [1.54, 1.807) is 12.1 Å². The van der Waals surface area contributed by atoms with Crippen LogP contribution in [-0.2, 0) is 13.0 Å². The zero-order chi connectivity index (χ0) is 11.7. The Morgan fingerprint density at radius 3 is 2.88 bits per heavy atom. The number of nitro benzene ring substituents is 1. The largest absolute Gasteiger partial charge is 0.299 e. The van der Waals surface area contributed by atoms with Crippen LogP contribution in [0.3, 0.4) is 0 Å². The van der Waals surface area contributed by atoms with Gasteiger partial charge in [0.15, 0.2) is 0 Å². The fraction of sp³-hybridized carbons (Fsp3) is 0.500. The third-order valence-electron chi connectivity index (χ3n) is 3.37. The number of nitrogens with zero attached hydrogens (tertiary/aromatic N) is 2. The first kappa shape index (κ1) is 11.1. The molecule has 0 saturated heterocycles. The van der Waals surface area contributed by atoms with Crippen LogP contribution in [0, 0.1) is 10.1 Å². The normalized spacial score (nSPS) is 20.5. The van der Waals surface area contributed by atoms with Crippen LogP contribution in [0.25, 0.3) is 0 Å². The molecule has 4 nitrogen and oxygen atoms in total. The Bertz CT molecular complexity index is 417. The predicted octanol–water partition coefficient (Wildman–Crippen LogP) is 2.36. The second kappa shape index (κ2) is 4.22. The number of benzene rings is 1. The van der Waals surface area contributed by atoms with Crippen molar-refractivity contribution < 1.29 is 4.92 Å². The molecule has 0 amide bonds. The van der Waals surface area contributed by atoms with Crippen molar-refractivity contribution in [1.82, 2.24) is 4.90 Å². The van der Waals surface area contributed by atoms with Gasteiger partial charge in [-0.1, -0.05) is 13.0 Å². The summed E-state index contributed by atoms with van der Waals surface area (Å²) >= 11 is 0. The first-order valence-corrected chi connectivity index (χ1v) is 5.58. The minimum absolute atomic E-state index is 0.196. The minimum atomic E-state index is -0.327. The van der Waals surface area contributed by atoms with E-state index in [-0.39, 0.29) is 10.6 Å². The molecule has 0 radical (unpaired) electrons. The summed E-state index contributed by atoms with van der Waals surface area (Å²) in [7, 11) is 2.08. The molecule has 0 N–H and O–H groups in total. The highest BCUT2D eigenvalue weighted by Crippen LogP contribution is 2.26. The van der Waals surface area contributed by atoms with Crippen molar-refractivity contribution in [3.05, 3.63) is 39.4 Å². The molecule has 2 rings (SSSR count). The average Bonchev–Trinajstić information content (AvgIpc) is 2.27. The lowest BCUT2D eigenvalue weighted by Gasteiger charge is -2.33. The summed E-state index contributed by atoms with van der Waals surface area (Å²) in [5.74, 6) is 0. The summed E-state index contributed by atoms with van der Waals surface area (Å²) in [6.45, 7) is 2.99. The summed E-state index contributed by atoms with van der Waals surface area (Å²) in [5, 5.41) is 10.7. The first-order chi connectivity index (χ1) is 7.61. The van der Waals surface area contributed by atoms with Crippen LogP contribution in [0.1, 0.15) is 24.5 Å². The lowest BCUT2D eigenvalue weighted by atomic mass is 9.93. The number of non-ortho nitro benzene ring substituents is 1. The van der Waals surface area contributed by atoms with E-state index >= 15 is 0 Å². The zero-order valence-electron chi connectivity index (χ0n) is 9.64. The highest BCUT2D eigenvalue weighted by Gasteiger charge is 2.23. The van der Waals surface area contributed by atoms with Crippen LogP contribution in [0.5, 0.6) is 0 Å². The van der Waals surface area contributed by atoms with Crippen LogP contribution < -0.4 is 0 Å². The van der Waals surface area contributed by atoms with Crippen molar-refractivity contribution in [3.8, 4) is 0 Å². The molecule has 0 bridgehead atoms. The van der Waals surface area contributed by atoms with Crippen molar-refractivity contribution in [3.63, 3.8) is 0 Å². The smallest absolute Gasteiger partial charge is 0.269 e. The van der Waals surface area contributed by atoms with Crippen molar-refractivity contribution in [2.24, 2.45) is 0 Å². The van der Waals surface area contributed by atoms with Gasteiger partial charge in [0, 0.05) is 24.7 Å². The fourth-order valence-corrected chi connectivity index (χ4v) is 2.34. The Morgan fingerprint density at radius 1 is 1.50 bits per heavy atom. The second-order valence-electron chi connectivity index (χ2n) is 4.39. The van der Waals surface area contributed by atoms with E-state index in [1.807, 2.05) is 6.07 Å². The lowest BCUT2D eigenvalue weighted by molar-refractivity contribution is -0.385. The number of rotatable bonds is 2. The molecule has 0 spiro atoms. The lowest BCUT2D eigenvalue weighted by Crippen LogP contribution is -2.36. The molecule has 86 valence electrons. The van der Waals surface area contributed by atoms with E-state index < -0.39 is 0 Å². The van der Waals surface area contributed by atoms with Crippen LogP contribution in [0.2, 0.25) is 0 Å². The molecule has 16 heavy (non-hydrogen) atoms. The van der Waals surface area contributed by atoms with Crippen LogP contribution in [0.15, 0.2) is 18.2 Å². The summed E-state index contributed by atoms with van der Waals surface area (Å²) in [6.07, 6.45) is 2.12. The maximum Gasteiger partial charge on any atom is 0.269 e. The van der Waals surface area contributed by atoms with Gasteiger partial charge < -0.3 is 0 Å². The van der Waals surface area contributed by atoms with Gasteiger partial charge in [-0.25, -0.2) is 0 Å². The molecule has 0 aliphatic carbocycles. The van der Waals surface area contributed by atoms with Gasteiger partial charge in [-0.15, -0.1) is 0 Å². The van der Waals surface area contributed by atoms with E-state index in [0.717, 1.165) is 24.9 Å². The molecule has 1 heterocycles. The molecule has 4 heteroatoms. The third-order valence-corrected chi connectivity index (χ3v) is 3.37. The molecule has 0 saturated carbocycles. The Labute approximate surface area is 95.0 Å². The molecule has 0 fully saturated rings. The van der Waals surface area contributed by atoms with Crippen LogP contribution in [-0.4, -0.2) is 22.9 Å². The molecule has 1 aromatic carbocycles. The van der Waals surface area contributed by atoms with Gasteiger partial charge in [-0.2, -0.15) is 0 Å². The number of hydrogen-bond acceptors (Lipinski definition) is 3. The van der Waals surface area contributed by atoms with Gasteiger partial charge in [-0.05, 0) is 31.0 Å². The number of hydrogen-bond donors (Lipinski definition) is 0. The Kier molecular flexibility index (Phi) is 2.92. The van der Waals surface area contributed by atoms with Gasteiger partial charge in [0.2, 0.25) is 0 Å². The van der Waals surface area contributed by atoms with Gasteiger partial charge in [0.1, 0.15) is 0 Å². The topological polar surface area (TPSA) is 46.4 Å². The monoisotopic (exact) mass is 220 g/mol. The van der Waals surface area contributed by atoms with Crippen molar-refractivity contribution in [1.29, 1.82) is 0 Å². The van der Waals surface area contributed by atoms with Crippen molar-refractivity contribution in [2.75, 3.05) is 7.05 Å². The number of fused-ring (bicyclic) bond motifs is 1. The fourth-order valence-electron chi connectivity index (χ4n) is 2.34. The molecule has 1 atom stereocenters.